The Kier molecular flexibility index (Phi) is 7.28. The molecule has 3 N–H and O–H groups in total. The maximum Gasteiger partial charge on any atom is 0.264 e. The van der Waals surface area contributed by atoms with Crippen LogP contribution in [0.2, 0.25) is 0 Å². The zero-order chi connectivity index (χ0) is 16.8. The second kappa shape index (κ2) is 8.26. The fourth-order valence-corrected chi connectivity index (χ4v) is 3.33. The van der Waals surface area contributed by atoms with Crippen LogP contribution in [-0.4, -0.2) is 43.3 Å². The van der Waals surface area contributed by atoms with E-state index in [1.54, 1.807) is 0 Å². The molecule has 0 aromatic carbocycles. The highest BCUT2D eigenvalue weighted by atomic mass is 32.2. The van der Waals surface area contributed by atoms with Crippen LogP contribution in [0.4, 0.5) is 0 Å². The predicted molar refractivity (Wildman–Crippen MR) is 87.3 cm³/mol. The highest BCUT2D eigenvalue weighted by Gasteiger charge is 2.32. The van der Waals surface area contributed by atoms with Gasteiger partial charge in [0.1, 0.15) is 0 Å². The van der Waals surface area contributed by atoms with Gasteiger partial charge in [-0.3, -0.25) is 9.35 Å². The van der Waals surface area contributed by atoms with Crippen molar-refractivity contribution in [2.75, 3.05) is 12.3 Å². The molecule has 6 nitrogen and oxygen atoms in total. The molecule has 1 amide bonds. The summed E-state index contributed by atoms with van der Waals surface area (Å²) in [7, 11) is -3.94. The van der Waals surface area contributed by atoms with Crippen molar-refractivity contribution in [3.63, 3.8) is 0 Å². The fraction of sp³-hybridized carbons (Fsp3) is 0.933. The maximum absolute atomic E-state index is 12.5. The van der Waals surface area contributed by atoms with Gasteiger partial charge in [-0.25, -0.2) is 0 Å². The van der Waals surface area contributed by atoms with E-state index in [2.05, 4.69) is 10.6 Å². The van der Waals surface area contributed by atoms with Crippen LogP contribution in [0, 0.1) is 5.41 Å². The van der Waals surface area contributed by atoms with Gasteiger partial charge in [-0.15, -0.1) is 0 Å². The molecule has 0 spiro atoms. The Morgan fingerprint density at radius 3 is 2.32 bits per heavy atom. The first-order valence-corrected chi connectivity index (χ1v) is 9.69. The molecule has 7 heteroatoms. The molecule has 1 atom stereocenters. The molecule has 130 valence electrons. The molecule has 1 aliphatic carbocycles. The summed E-state index contributed by atoms with van der Waals surface area (Å²) in [6.07, 6.45) is 5.90. The van der Waals surface area contributed by atoms with Crippen molar-refractivity contribution in [1.82, 2.24) is 10.6 Å². The second-order valence-corrected chi connectivity index (χ2v) is 8.81. The molecule has 0 aromatic heterocycles. The highest BCUT2D eigenvalue weighted by molar-refractivity contribution is 7.85. The van der Waals surface area contributed by atoms with E-state index >= 15 is 0 Å². The molecule has 1 saturated carbocycles. The number of hydrogen-bond donors (Lipinski definition) is 3. The summed E-state index contributed by atoms with van der Waals surface area (Å²) >= 11 is 0. The van der Waals surface area contributed by atoms with Gasteiger partial charge in [0.05, 0.1) is 11.8 Å². The molecule has 1 aliphatic rings. The van der Waals surface area contributed by atoms with Gasteiger partial charge in [0.2, 0.25) is 5.91 Å². The lowest BCUT2D eigenvalue weighted by Gasteiger charge is -2.33. The molecular weight excluding hydrogens is 304 g/mol. The topological polar surface area (TPSA) is 95.5 Å². The third-order valence-electron chi connectivity index (χ3n) is 4.01. The van der Waals surface area contributed by atoms with E-state index in [0.29, 0.717) is 6.54 Å². The Morgan fingerprint density at radius 1 is 1.23 bits per heavy atom. The Labute approximate surface area is 134 Å². The average molecular weight is 334 g/mol. The standard InChI is InChI=1S/C15H30N2O4S/c1-15(2,3)13(16-10-7-11-22(19,20)21)14(18)17-12-8-5-4-6-9-12/h12-13,16H,4-11H2,1-3H3,(H,17,18)(H,19,20,21)/t13-/m0/s1. The van der Waals surface area contributed by atoms with Crippen LogP contribution in [0.25, 0.3) is 0 Å². The maximum atomic E-state index is 12.5. The Morgan fingerprint density at radius 2 is 1.82 bits per heavy atom. The van der Waals surface area contributed by atoms with E-state index in [1.165, 1.54) is 6.42 Å². The molecule has 1 rings (SSSR count). The molecule has 22 heavy (non-hydrogen) atoms. The number of carbonyl (C=O) groups excluding carboxylic acids is 1. The van der Waals surface area contributed by atoms with Crippen molar-refractivity contribution < 1.29 is 17.8 Å². The first-order chi connectivity index (χ1) is 10.1. The molecule has 0 heterocycles. The van der Waals surface area contributed by atoms with Crippen LogP contribution in [0.1, 0.15) is 59.3 Å². The second-order valence-electron chi connectivity index (χ2n) is 7.24. The lowest BCUT2D eigenvalue weighted by atomic mass is 9.85. The third-order valence-corrected chi connectivity index (χ3v) is 4.81. The summed E-state index contributed by atoms with van der Waals surface area (Å²) in [5.74, 6) is -0.313. The summed E-state index contributed by atoms with van der Waals surface area (Å²) in [6, 6.07) is -0.124. The monoisotopic (exact) mass is 334 g/mol. The van der Waals surface area contributed by atoms with Gasteiger partial charge in [0.25, 0.3) is 10.1 Å². The van der Waals surface area contributed by atoms with Gasteiger partial charge in [-0.05, 0) is 31.2 Å². The van der Waals surface area contributed by atoms with Gasteiger partial charge in [-0.1, -0.05) is 40.0 Å². The minimum absolute atomic E-state index is 0.0220. The normalized spacial score (nSPS) is 18.9. The van der Waals surface area contributed by atoms with Gasteiger partial charge in [0, 0.05) is 6.04 Å². The van der Waals surface area contributed by atoms with Crippen LogP contribution in [0.5, 0.6) is 0 Å². The van der Waals surface area contributed by atoms with E-state index in [4.69, 9.17) is 4.55 Å². The van der Waals surface area contributed by atoms with Gasteiger partial charge >= 0.3 is 0 Å². The molecule has 0 radical (unpaired) electrons. The Balaban J connectivity index is 2.50. The van der Waals surface area contributed by atoms with E-state index < -0.39 is 10.1 Å². The van der Waals surface area contributed by atoms with Crippen molar-refractivity contribution in [3.8, 4) is 0 Å². The third kappa shape index (κ3) is 7.56. The lowest BCUT2D eigenvalue weighted by Crippen LogP contribution is -2.54. The zero-order valence-electron chi connectivity index (χ0n) is 13.9. The van der Waals surface area contributed by atoms with Crippen molar-refractivity contribution in [3.05, 3.63) is 0 Å². The minimum atomic E-state index is -3.94. The summed E-state index contributed by atoms with van der Waals surface area (Å²) in [4.78, 5) is 12.5. The van der Waals surface area contributed by atoms with Crippen LogP contribution < -0.4 is 10.6 Å². The van der Waals surface area contributed by atoms with Crippen molar-refractivity contribution >= 4 is 16.0 Å². The minimum Gasteiger partial charge on any atom is -0.352 e. The number of nitrogens with one attached hydrogen (secondary N) is 2. The molecule has 0 saturated heterocycles. The Bertz CT molecular complexity index is 451. The first kappa shape index (κ1) is 19.4. The Hall–Kier alpha value is -0.660. The van der Waals surface area contributed by atoms with E-state index in [0.717, 1.165) is 25.7 Å². The molecule has 0 aromatic rings. The lowest BCUT2D eigenvalue weighted by molar-refractivity contribution is -0.126. The van der Waals surface area contributed by atoms with Crippen LogP contribution in [0.15, 0.2) is 0 Å². The van der Waals surface area contributed by atoms with Crippen molar-refractivity contribution in [2.24, 2.45) is 5.41 Å². The van der Waals surface area contributed by atoms with Crippen molar-refractivity contribution in [1.29, 1.82) is 0 Å². The largest absolute Gasteiger partial charge is 0.352 e. The number of rotatable bonds is 7. The molecular formula is C15H30N2O4S. The molecule has 0 unspecified atom stereocenters. The average Bonchev–Trinajstić information content (AvgIpc) is 2.36. The van der Waals surface area contributed by atoms with E-state index in [-0.39, 0.29) is 35.6 Å². The summed E-state index contributed by atoms with van der Waals surface area (Å²) in [6.45, 7) is 6.32. The van der Waals surface area contributed by atoms with E-state index in [1.807, 2.05) is 20.8 Å². The highest BCUT2D eigenvalue weighted by Crippen LogP contribution is 2.22. The fourth-order valence-electron chi connectivity index (χ4n) is 2.82. The van der Waals surface area contributed by atoms with Crippen LogP contribution >= 0.6 is 0 Å². The summed E-state index contributed by atoms with van der Waals surface area (Å²) in [5, 5.41) is 6.25. The van der Waals surface area contributed by atoms with E-state index in [9.17, 15) is 13.2 Å². The van der Waals surface area contributed by atoms with Crippen LogP contribution in [0.3, 0.4) is 0 Å². The summed E-state index contributed by atoms with van der Waals surface area (Å²) in [5.41, 5.74) is -0.267. The SMILES string of the molecule is CC(C)(C)[C@@H](NCCCS(=O)(=O)O)C(=O)NC1CCCCC1. The number of hydrogen-bond acceptors (Lipinski definition) is 4. The first-order valence-electron chi connectivity index (χ1n) is 8.08. The zero-order valence-corrected chi connectivity index (χ0v) is 14.7. The van der Waals surface area contributed by atoms with Gasteiger partial charge in [-0.2, -0.15) is 8.42 Å². The smallest absolute Gasteiger partial charge is 0.264 e. The van der Waals surface area contributed by atoms with Gasteiger partial charge < -0.3 is 10.6 Å². The number of amides is 1. The molecule has 1 fully saturated rings. The molecule has 0 bridgehead atoms. The van der Waals surface area contributed by atoms with Crippen molar-refractivity contribution in [2.45, 2.75) is 71.4 Å². The van der Waals surface area contributed by atoms with Gasteiger partial charge in [0.15, 0.2) is 0 Å². The molecule has 0 aliphatic heterocycles. The van der Waals surface area contributed by atoms with Crippen LogP contribution in [-0.2, 0) is 14.9 Å². The predicted octanol–water partition coefficient (Wildman–Crippen LogP) is 1.72. The summed E-state index contributed by atoms with van der Waals surface area (Å²) < 4.78 is 30.2. The number of carbonyl (C=O) groups is 1. The quantitative estimate of drug-likeness (QED) is 0.487.